The molecule has 0 saturated heterocycles. The Labute approximate surface area is 75.4 Å². The summed E-state index contributed by atoms with van der Waals surface area (Å²) in [6, 6.07) is 0. The Morgan fingerprint density at radius 2 is 2.46 bits per heavy atom. The van der Waals surface area contributed by atoms with Crippen LogP contribution < -0.4 is 5.90 Å². The second-order valence-corrected chi connectivity index (χ2v) is 2.35. The van der Waals surface area contributed by atoms with Crippen molar-refractivity contribution in [2.75, 3.05) is 7.11 Å². The van der Waals surface area contributed by atoms with Crippen molar-refractivity contribution in [2.24, 2.45) is 11.1 Å². The van der Waals surface area contributed by atoms with Gasteiger partial charge in [0.1, 0.15) is 5.71 Å². The van der Waals surface area contributed by atoms with Crippen molar-refractivity contribution in [1.82, 2.24) is 0 Å². The SMILES string of the molecule is COC(=O)C1=CC=CCC1=NON. The molecule has 0 bridgehead atoms. The lowest BCUT2D eigenvalue weighted by Gasteiger charge is -2.08. The summed E-state index contributed by atoms with van der Waals surface area (Å²) in [6.45, 7) is 0. The van der Waals surface area contributed by atoms with Crippen molar-refractivity contribution in [3.63, 3.8) is 0 Å². The average molecular weight is 182 g/mol. The van der Waals surface area contributed by atoms with Gasteiger partial charge in [-0.2, -0.15) is 0 Å². The van der Waals surface area contributed by atoms with Crippen LogP contribution in [0.2, 0.25) is 0 Å². The van der Waals surface area contributed by atoms with Gasteiger partial charge < -0.3 is 9.68 Å². The highest BCUT2D eigenvalue weighted by atomic mass is 16.7. The van der Waals surface area contributed by atoms with E-state index in [1.807, 2.05) is 6.08 Å². The van der Waals surface area contributed by atoms with Crippen LogP contribution in [-0.4, -0.2) is 18.8 Å². The highest BCUT2D eigenvalue weighted by Gasteiger charge is 2.17. The summed E-state index contributed by atoms with van der Waals surface area (Å²) in [5, 5.41) is 3.51. The number of esters is 1. The number of hydrogen-bond donors (Lipinski definition) is 1. The van der Waals surface area contributed by atoms with Gasteiger partial charge in [0, 0.05) is 6.42 Å². The third-order valence-corrected chi connectivity index (χ3v) is 1.59. The molecule has 1 aliphatic carbocycles. The van der Waals surface area contributed by atoms with Gasteiger partial charge in [-0.15, -0.1) is 5.90 Å². The van der Waals surface area contributed by atoms with Crippen molar-refractivity contribution in [3.05, 3.63) is 23.8 Å². The van der Waals surface area contributed by atoms with Gasteiger partial charge in [-0.25, -0.2) is 4.79 Å². The lowest BCUT2D eigenvalue weighted by atomic mass is 10.0. The van der Waals surface area contributed by atoms with E-state index in [9.17, 15) is 4.79 Å². The Bertz CT molecular complexity index is 292. The van der Waals surface area contributed by atoms with Crippen LogP contribution in [-0.2, 0) is 14.5 Å². The molecule has 0 aliphatic heterocycles. The van der Waals surface area contributed by atoms with Crippen LogP contribution in [0.15, 0.2) is 29.0 Å². The van der Waals surface area contributed by atoms with E-state index in [0.717, 1.165) is 0 Å². The molecule has 13 heavy (non-hydrogen) atoms. The lowest BCUT2D eigenvalue weighted by molar-refractivity contribution is -0.135. The summed E-state index contributed by atoms with van der Waals surface area (Å²) in [6.07, 6.45) is 5.71. The van der Waals surface area contributed by atoms with Crippen molar-refractivity contribution in [1.29, 1.82) is 0 Å². The van der Waals surface area contributed by atoms with Gasteiger partial charge in [-0.1, -0.05) is 17.3 Å². The number of nitrogens with two attached hydrogens (primary N) is 1. The fourth-order valence-electron chi connectivity index (χ4n) is 0.996. The standard InChI is InChI=1S/C8H10N2O3/c1-12-8(11)6-4-2-3-5-7(6)10-13-9/h2-4H,5,9H2,1H3. The number of allylic oxidation sites excluding steroid dienone is 3. The number of methoxy groups -OCH3 is 1. The van der Waals surface area contributed by atoms with E-state index < -0.39 is 5.97 Å². The fraction of sp³-hybridized carbons (Fsp3) is 0.250. The van der Waals surface area contributed by atoms with Crippen LogP contribution in [0.4, 0.5) is 0 Å². The van der Waals surface area contributed by atoms with Gasteiger partial charge in [0.15, 0.2) is 0 Å². The van der Waals surface area contributed by atoms with E-state index in [2.05, 4.69) is 14.8 Å². The van der Waals surface area contributed by atoms with Crippen molar-refractivity contribution >= 4 is 11.7 Å². The molecule has 0 saturated carbocycles. The molecule has 2 N–H and O–H groups in total. The van der Waals surface area contributed by atoms with E-state index in [-0.39, 0.29) is 0 Å². The molecule has 0 heterocycles. The predicted octanol–water partition coefficient (Wildman–Crippen LogP) is 0.292. The molecule has 0 amide bonds. The first-order valence-corrected chi connectivity index (χ1v) is 3.68. The Morgan fingerprint density at radius 1 is 1.69 bits per heavy atom. The minimum atomic E-state index is -0.444. The number of rotatable bonds is 2. The summed E-state index contributed by atoms with van der Waals surface area (Å²) < 4.78 is 4.55. The minimum Gasteiger partial charge on any atom is -0.465 e. The van der Waals surface area contributed by atoms with Crippen LogP contribution in [0.1, 0.15) is 6.42 Å². The average Bonchev–Trinajstić information content (AvgIpc) is 2.18. The molecule has 0 unspecified atom stereocenters. The number of nitrogens with zero attached hydrogens (tertiary/aromatic N) is 1. The number of carbonyl (C=O) groups is 1. The minimum absolute atomic E-state index is 0.371. The van der Waals surface area contributed by atoms with Gasteiger partial charge in [0.05, 0.1) is 12.7 Å². The molecule has 0 aromatic carbocycles. The van der Waals surface area contributed by atoms with E-state index in [0.29, 0.717) is 17.7 Å². The summed E-state index contributed by atoms with van der Waals surface area (Å²) in [4.78, 5) is 15.3. The smallest absolute Gasteiger partial charge is 0.339 e. The maximum absolute atomic E-state index is 11.2. The molecule has 0 atom stereocenters. The topological polar surface area (TPSA) is 73.9 Å². The van der Waals surface area contributed by atoms with Gasteiger partial charge >= 0.3 is 5.97 Å². The molecule has 0 radical (unpaired) electrons. The quantitative estimate of drug-likeness (QED) is 0.492. The van der Waals surface area contributed by atoms with Gasteiger partial charge in [-0.3, -0.25) is 0 Å². The van der Waals surface area contributed by atoms with Gasteiger partial charge in [0.2, 0.25) is 0 Å². The molecule has 1 rings (SSSR count). The highest BCUT2D eigenvalue weighted by Crippen LogP contribution is 2.11. The van der Waals surface area contributed by atoms with Crippen molar-refractivity contribution in [3.8, 4) is 0 Å². The summed E-state index contributed by atoms with van der Waals surface area (Å²) >= 11 is 0. The van der Waals surface area contributed by atoms with Crippen molar-refractivity contribution < 1.29 is 14.5 Å². The number of hydrogen-bond acceptors (Lipinski definition) is 5. The number of oxime groups is 1. The second kappa shape index (κ2) is 4.42. The van der Waals surface area contributed by atoms with Crippen LogP contribution >= 0.6 is 0 Å². The first kappa shape index (κ1) is 9.47. The van der Waals surface area contributed by atoms with E-state index in [1.54, 1.807) is 12.2 Å². The lowest BCUT2D eigenvalue weighted by Crippen LogP contribution is -2.16. The zero-order chi connectivity index (χ0) is 9.68. The Balaban J connectivity index is 2.89. The molecule has 0 spiro atoms. The van der Waals surface area contributed by atoms with Crippen LogP contribution in [0.3, 0.4) is 0 Å². The number of ether oxygens (including phenoxy) is 1. The van der Waals surface area contributed by atoms with E-state index in [4.69, 9.17) is 5.90 Å². The summed E-state index contributed by atoms with van der Waals surface area (Å²) in [5.74, 6) is 4.33. The maximum Gasteiger partial charge on any atom is 0.339 e. The maximum atomic E-state index is 11.2. The molecule has 1 aliphatic rings. The molecule has 70 valence electrons. The zero-order valence-electron chi connectivity index (χ0n) is 7.19. The Kier molecular flexibility index (Phi) is 3.22. The van der Waals surface area contributed by atoms with Gasteiger partial charge in [-0.05, 0) is 6.08 Å². The van der Waals surface area contributed by atoms with E-state index >= 15 is 0 Å². The molecular weight excluding hydrogens is 172 g/mol. The monoisotopic (exact) mass is 182 g/mol. The second-order valence-electron chi connectivity index (χ2n) is 2.35. The highest BCUT2D eigenvalue weighted by molar-refractivity contribution is 6.20. The van der Waals surface area contributed by atoms with Crippen molar-refractivity contribution in [2.45, 2.75) is 6.42 Å². The summed E-state index contributed by atoms with van der Waals surface area (Å²) in [7, 11) is 1.31. The first-order valence-electron chi connectivity index (χ1n) is 3.68. The zero-order valence-corrected chi connectivity index (χ0v) is 7.19. The predicted molar refractivity (Wildman–Crippen MR) is 46.6 cm³/mol. The third-order valence-electron chi connectivity index (χ3n) is 1.59. The van der Waals surface area contributed by atoms with Crippen LogP contribution in [0, 0.1) is 0 Å². The fourth-order valence-corrected chi connectivity index (χ4v) is 0.996. The third kappa shape index (κ3) is 2.16. The van der Waals surface area contributed by atoms with Crippen LogP contribution in [0.5, 0.6) is 0 Å². The molecule has 5 heteroatoms. The van der Waals surface area contributed by atoms with Crippen LogP contribution in [0.25, 0.3) is 0 Å². The molecule has 0 fully saturated rings. The molecule has 5 nitrogen and oxygen atoms in total. The van der Waals surface area contributed by atoms with Gasteiger partial charge in [0.25, 0.3) is 0 Å². The van der Waals surface area contributed by atoms with E-state index in [1.165, 1.54) is 7.11 Å². The first-order chi connectivity index (χ1) is 6.29. The number of carbonyl (C=O) groups excluding carboxylic acids is 1. The Morgan fingerprint density at radius 3 is 3.08 bits per heavy atom. The Hall–Kier alpha value is -1.62. The normalized spacial score (nSPS) is 18.3. The largest absolute Gasteiger partial charge is 0.465 e. The molecule has 0 aromatic heterocycles. The molecule has 0 aromatic rings. The molecular formula is C8H10N2O3. The summed E-state index contributed by atoms with van der Waals surface area (Å²) in [5.41, 5.74) is 0.840.